The Morgan fingerprint density at radius 2 is 2.00 bits per heavy atom. The molecule has 0 spiro atoms. The molecule has 2 aromatic rings. The maximum Gasteiger partial charge on any atom is 0.231 e. The Bertz CT molecular complexity index is 698. The van der Waals surface area contributed by atoms with Crippen LogP contribution in [0.3, 0.4) is 0 Å². The molecule has 1 fully saturated rings. The van der Waals surface area contributed by atoms with Gasteiger partial charge in [-0.2, -0.15) is 0 Å². The lowest BCUT2D eigenvalue weighted by atomic mass is 9.84. The van der Waals surface area contributed by atoms with Crippen molar-refractivity contribution in [1.82, 2.24) is 0 Å². The number of nitrogens with one attached hydrogen (secondary N) is 1. The van der Waals surface area contributed by atoms with E-state index >= 15 is 0 Å². The van der Waals surface area contributed by atoms with Crippen molar-refractivity contribution in [2.45, 2.75) is 32.2 Å². The molecule has 1 aliphatic rings. The first-order valence-corrected chi connectivity index (χ1v) is 7.30. The fraction of sp³-hybridized carbons (Fsp3) is 0.353. The van der Waals surface area contributed by atoms with Crippen molar-refractivity contribution >= 4 is 22.4 Å². The van der Waals surface area contributed by atoms with E-state index < -0.39 is 5.41 Å². The van der Waals surface area contributed by atoms with Crippen molar-refractivity contribution in [1.29, 1.82) is 0 Å². The van der Waals surface area contributed by atoms with Crippen LogP contribution in [0.2, 0.25) is 0 Å². The van der Waals surface area contributed by atoms with E-state index in [4.69, 9.17) is 5.73 Å². The summed E-state index contributed by atoms with van der Waals surface area (Å²) in [4.78, 5) is 12.6. The van der Waals surface area contributed by atoms with Crippen LogP contribution in [0, 0.1) is 5.41 Å². The molecule has 21 heavy (non-hydrogen) atoms. The van der Waals surface area contributed by atoms with Gasteiger partial charge in [0.15, 0.2) is 0 Å². The van der Waals surface area contributed by atoms with E-state index in [2.05, 4.69) is 5.32 Å². The highest BCUT2D eigenvalue weighted by Crippen LogP contribution is 2.38. The van der Waals surface area contributed by atoms with Crippen LogP contribution in [-0.4, -0.2) is 17.1 Å². The van der Waals surface area contributed by atoms with Gasteiger partial charge in [-0.05, 0) is 31.9 Å². The van der Waals surface area contributed by atoms with E-state index in [1.54, 1.807) is 12.1 Å². The minimum atomic E-state index is -0.515. The SMILES string of the molecule is CC1(C(=O)Nc2cccc3c(O)cccc23)CCCC1N. The number of phenolic OH excluding ortho intramolecular Hbond substituents is 1. The molecule has 0 saturated heterocycles. The van der Waals surface area contributed by atoms with Crippen LogP contribution in [0.5, 0.6) is 5.75 Å². The van der Waals surface area contributed by atoms with Gasteiger partial charge in [0.05, 0.1) is 5.41 Å². The number of phenols is 1. The van der Waals surface area contributed by atoms with Gasteiger partial charge in [-0.25, -0.2) is 0 Å². The second-order valence-corrected chi connectivity index (χ2v) is 6.05. The maximum atomic E-state index is 12.6. The number of nitrogens with two attached hydrogens (primary N) is 1. The van der Waals surface area contributed by atoms with Crippen molar-refractivity contribution in [3.05, 3.63) is 36.4 Å². The second kappa shape index (κ2) is 5.04. The molecule has 0 heterocycles. The standard InChI is InChI=1S/C17H20N2O2/c1-17(10-4-9-15(17)18)16(21)19-13-7-2-6-12-11(13)5-3-8-14(12)20/h2-3,5-8,15,20H,4,9-10,18H2,1H3,(H,19,21). The summed E-state index contributed by atoms with van der Waals surface area (Å²) < 4.78 is 0. The van der Waals surface area contributed by atoms with E-state index in [-0.39, 0.29) is 17.7 Å². The summed E-state index contributed by atoms with van der Waals surface area (Å²) in [5, 5.41) is 14.5. The Balaban J connectivity index is 1.95. The first-order valence-electron chi connectivity index (χ1n) is 7.30. The predicted octanol–water partition coefficient (Wildman–Crippen LogP) is 3.00. The minimum Gasteiger partial charge on any atom is -0.507 e. The molecule has 4 heteroatoms. The van der Waals surface area contributed by atoms with E-state index in [1.165, 1.54) is 0 Å². The molecule has 1 saturated carbocycles. The molecule has 4 N–H and O–H groups in total. The van der Waals surface area contributed by atoms with Crippen LogP contribution in [0.15, 0.2) is 36.4 Å². The molecule has 0 aromatic heterocycles. The summed E-state index contributed by atoms with van der Waals surface area (Å²) in [7, 11) is 0. The van der Waals surface area contributed by atoms with Crippen molar-refractivity contribution in [3.63, 3.8) is 0 Å². The van der Waals surface area contributed by atoms with E-state index in [0.29, 0.717) is 5.69 Å². The summed E-state index contributed by atoms with van der Waals surface area (Å²) in [5.41, 5.74) is 6.31. The van der Waals surface area contributed by atoms with Crippen molar-refractivity contribution in [3.8, 4) is 5.75 Å². The van der Waals surface area contributed by atoms with Crippen molar-refractivity contribution in [2.24, 2.45) is 11.1 Å². The number of benzene rings is 2. The number of hydrogen-bond donors (Lipinski definition) is 3. The molecule has 4 nitrogen and oxygen atoms in total. The number of fused-ring (bicyclic) bond motifs is 1. The van der Waals surface area contributed by atoms with Gasteiger partial charge in [-0.1, -0.05) is 30.7 Å². The monoisotopic (exact) mass is 284 g/mol. The molecule has 0 aliphatic heterocycles. The lowest BCUT2D eigenvalue weighted by Gasteiger charge is -2.27. The number of rotatable bonds is 2. The number of hydrogen-bond acceptors (Lipinski definition) is 3. The quantitative estimate of drug-likeness (QED) is 0.793. The van der Waals surface area contributed by atoms with Gasteiger partial charge in [0.25, 0.3) is 0 Å². The Morgan fingerprint density at radius 1 is 1.29 bits per heavy atom. The number of carbonyl (C=O) groups excluding carboxylic acids is 1. The molecular formula is C17H20N2O2. The summed E-state index contributed by atoms with van der Waals surface area (Å²) in [5.74, 6) is 0.177. The lowest BCUT2D eigenvalue weighted by molar-refractivity contribution is -0.125. The van der Waals surface area contributed by atoms with Crippen LogP contribution in [-0.2, 0) is 4.79 Å². The highest BCUT2D eigenvalue weighted by atomic mass is 16.3. The average molecular weight is 284 g/mol. The first-order chi connectivity index (χ1) is 10.0. The zero-order valence-electron chi connectivity index (χ0n) is 12.1. The van der Waals surface area contributed by atoms with Gasteiger partial charge in [0.1, 0.15) is 5.75 Å². The van der Waals surface area contributed by atoms with E-state index in [9.17, 15) is 9.90 Å². The molecule has 2 aromatic carbocycles. The van der Waals surface area contributed by atoms with Gasteiger partial charge >= 0.3 is 0 Å². The third kappa shape index (κ3) is 2.25. The summed E-state index contributed by atoms with van der Waals surface area (Å²) in [6.07, 6.45) is 2.69. The molecular weight excluding hydrogens is 264 g/mol. The zero-order chi connectivity index (χ0) is 15.0. The second-order valence-electron chi connectivity index (χ2n) is 6.05. The Morgan fingerprint density at radius 3 is 2.71 bits per heavy atom. The van der Waals surface area contributed by atoms with Gasteiger partial charge < -0.3 is 16.2 Å². The molecule has 2 atom stereocenters. The number of carbonyl (C=O) groups is 1. The largest absolute Gasteiger partial charge is 0.507 e. The minimum absolute atomic E-state index is 0.0386. The van der Waals surface area contributed by atoms with Crippen LogP contribution in [0.4, 0.5) is 5.69 Å². The Kier molecular flexibility index (Phi) is 3.33. The summed E-state index contributed by atoms with van der Waals surface area (Å²) >= 11 is 0. The fourth-order valence-corrected chi connectivity index (χ4v) is 3.14. The van der Waals surface area contributed by atoms with Crippen LogP contribution in [0.1, 0.15) is 26.2 Å². The number of anilines is 1. The van der Waals surface area contributed by atoms with Gasteiger partial charge in [-0.3, -0.25) is 4.79 Å². The highest BCUT2D eigenvalue weighted by molar-refractivity contribution is 6.05. The molecule has 1 aliphatic carbocycles. The normalized spacial score (nSPS) is 25.1. The Labute approximate surface area is 124 Å². The Hall–Kier alpha value is -2.07. The van der Waals surface area contributed by atoms with Gasteiger partial charge in [0.2, 0.25) is 5.91 Å². The zero-order valence-corrected chi connectivity index (χ0v) is 12.1. The predicted molar refractivity (Wildman–Crippen MR) is 84.2 cm³/mol. The highest BCUT2D eigenvalue weighted by Gasteiger charge is 2.43. The van der Waals surface area contributed by atoms with Crippen molar-refractivity contribution in [2.75, 3.05) is 5.32 Å². The van der Waals surface area contributed by atoms with E-state index in [0.717, 1.165) is 30.0 Å². The molecule has 110 valence electrons. The molecule has 0 bridgehead atoms. The topological polar surface area (TPSA) is 75.3 Å². The molecule has 0 radical (unpaired) electrons. The average Bonchev–Trinajstić information content (AvgIpc) is 2.81. The molecule has 1 amide bonds. The first kappa shape index (κ1) is 13.9. The van der Waals surface area contributed by atoms with E-state index in [1.807, 2.05) is 31.2 Å². The third-order valence-electron chi connectivity index (χ3n) is 4.70. The number of amides is 1. The lowest BCUT2D eigenvalue weighted by Crippen LogP contribution is -2.44. The van der Waals surface area contributed by atoms with Gasteiger partial charge in [-0.15, -0.1) is 0 Å². The van der Waals surface area contributed by atoms with Crippen LogP contribution >= 0.6 is 0 Å². The number of aromatic hydroxyl groups is 1. The molecule has 3 rings (SSSR count). The maximum absolute atomic E-state index is 12.6. The summed E-state index contributed by atoms with van der Waals surface area (Å²) in [6.45, 7) is 1.93. The van der Waals surface area contributed by atoms with Gasteiger partial charge in [0, 0.05) is 22.5 Å². The third-order valence-corrected chi connectivity index (χ3v) is 4.70. The van der Waals surface area contributed by atoms with Crippen LogP contribution in [0.25, 0.3) is 10.8 Å². The molecule has 2 unspecified atom stereocenters. The van der Waals surface area contributed by atoms with Crippen molar-refractivity contribution < 1.29 is 9.90 Å². The summed E-state index contributed by atoms with van der Waals surface area (Å²) in [6, 6.07) is 10.7. The fourth-order valence-electron chi connectivity index (χ4n) is 3.14. The smallest absolute Gasteiger partial charge is 0.231 e. The van der Waals surface area contributed by atoms with Crippen LogP contribution < -0.4 is 11.1 Å².